The molecule has 0 aliphatic rings. The SMILES string of the molecule is O=C(NC(C(=O)c1ccccc1)c1ccccc1)c1cc(=O)oc2c1ccc1ccccc12. The molecule has 0 radical (unpaired) electrons. The summed E-state index contributed by atoms with van der Waals surface area (Å²) in [7, 11) is 0. The number of ketones is 1. The fourth-order valence-electron chi connectivity index (χ4n) is 4.00. The molecule has 1 unspecified atom stereocenters. The van der Waals surface area contributed by atoms with Gasteiger partial charge in [-0.3, -0.25) is 9.59 Å². The Bertz CT molecular complexity index is 1540. The highest BCUT2D eigenvalue weighted by Crippen LogP contribution is 2.27. The summed E-state index contributed by atoms with van der Waals surface area (Å²) in [6, 6.07) is 29.2. The highest BCUT2D eigenvalue weighted by atomic mass is 16.4. The summed E-state index contributed by atoms with van der Waals surface area (Å²) in [4.78, 5) is 39.1. The lowest BCUT2D eigenvalue weighted by molar-refractivity contribution is 0.0857. The molecule has 160 valence electrons. The minimum absolute atomic E-state index is 0.161. The first-order valence-electron chi connectivity index (χ1n) is 10.5. The van der Waals surface area contributed by atoms with E-state index in [1.807, 2.05) is 54.6 Å². The first-order chi connectivity index (χ1) is 16.1. The Morgan fingerprint density at radius 1 is 0.727 bits per heavy atom. The summed E-state index contributed by atoms with van der Waals surface area (Å²) in [5.41, 5.74) is 1.01. The lowest BCUT2D eigenvalue weighted by atomic mass is 9.96. The van der Waals surface area contributed by atoms with Crippen LogP contribution in [0.3, 0.4) is 0 Å². The average molecular weight is 433 g/mol. The molecule has 5 aromatic rings. The molecule has 1 amide bonds. The fraction of sp³-hybridized carbons (Fsp3) is 0.0357. The zero-order valence-electron chi connectivity index (χ0n) is 17.5. The molecule has 0 fully saturated rings. The number of benzene rings is 4. The van der Waals surface area contributed by atoms with Crippen molar-refractivity contribution in [2.45, 2.75) is 6.04 Å². The molecule has 1 aromatic heterocycles. The van der Waals surface area contributed by atoms with Gasteiger partial charge >= 0.3 is 5.63 Å². The molecule has 5 nitrogen and oxygen atoms in total. The summed E-state index contributed by atoms with van der Waals surface area (Å²) in [5, 5.41) is 4.98. The van der Waals surface area contributed by atoms with Crippen molar-refractivity contribution in [3.63, 3.8) is 0 Å². The number of nitrogens with one attached hydrogen (secondary N) is 1. The predicted octanol–water partition coefficient (Wildman–Crippen LogP) is 5.30. The first-order valence-corrected chi connectivity index (χ1v) is 10.5. The Labute approximate surface area is 189 Å². The van der Waals surface area contributed by atoms with Crippen molar-refractivity contribution in [3.8, 4) is 0 Å². The van der Waals surface area contributed by atoms with E-state index in [0.717, 1.165) is 10.8 Å². The summed E-state index contributed by atoms with van der Waals surface area (Å²) < 4.78 is 5.47. The molecular weight excluding hydrogens is 414 g/mol. The molecule has 5 rings (SSSR count). The van der Waals surface area contributed by atoms with Crippen LogP contribution in [0.2, 0.25) is 0 Å². The van der Waals surface area contributed by atoms with Crippen LogP contribution in [0.25, 0.3) is 21.7 Å². The summed E-state index contributed by atoms with van der Waals surface area (Å²) in [6.07, 6.45) is 0. The normalized spacial score (nSPS) is 11.9. The minimum atomic E-state index is -0.913. The van der Waals surface area contributed by atoms with Crippen LogP contribution in [0.5, 0.6) is 0 Å². The number of carbonyl (C=O) groups is 2. The van der Waals surface area contributed by atoms with Crippen molar-refractivity contribution in [3.05, 3.63) is 130 Å². The number of hydrogen-bond donors (Lipinski definition) is 1. The van der Waals surface area contributed by atoms with Crippen molar-refractivity contribution >= 4 is 33.4 Å². The minimum Gasteiger partial charge on any atom is -0.422 e. The van der Waals surface area contributed by atoms with Crippen molar-refractivity contribution in [2.75, 3.05) is 0 Å². The van der Waals surface area contributed by atoms with E-state index in [1.54, 1.807) is 42.5 Å². The van der Waals surface area contributed by atoms with Gasteiger partial charge in [-0.1, -0.05) is 91.0 Å². The number of hydrogen-bond acceptors (Lipinski definition) is 4. The Balaban J connectivity index is 1.60. The third-order valence-corrected chi connectivity index (χ3v) is 5.61. The van der Waals surface area contributed by atoms with E-state index in [1.165, 1.54) is 6.07 Å². The fourth-order valence-corrected chi connectivity index (χ4v) is 4.00. The molecular formula is C28H19NO4. The van der Waals surface area contributed by atoms with Crippen LogP contribution in [-0.4, -0.2) is 11.7 Å². The molecule has 0 aliphatic carbocycles. The van der Waals surface area contributed by atoms with E-state index in [-0.39, 0.29) is 11.3 Å². The average Bonchev–Trinajstić information content (AvgIpc) is 2.87. The number of rotatable bonds is 5. The molecule has 0 saturated carbocycles. The summed E-state index contributed by atoms with van der Waals surface area (Å²) in [5.74, 6) is -0.769. The lowest BCUT2D eigenvalue weighted by Gasteiger charge is -2.19. The smallest absolute Gasteiger partial charge is 0.337 e. The standard InChI is InChI=1S/C28H19NO4/c30-24-17-23(22-16-15-18-9-7-8-14-21(18)27(22)33-24)28(32)29-25(19-10-3-1-4-11-19)26(31)20-12-5-2-6-13-20/h1-17,25H,(H,29,32). The van der Waals surface area contributed by atoms with E-state index >= 15 is 0 Å². The largest absolute Gasteiger partial charge is 0.422 e. The molecule has 1 heterocycles. The molecule has 33 heavy (non-hydrogen) atoms. The molecule has 5 heteroatoms. The van der Waals surface area contributed by atoms with Crippen LogP contribution in [0.1, 0.15) is 32.3 Å². The van der Waals surface area contributed by atoms with Crippen molar-refractivity contribution < 1.29 is 14.0 Å². The Morgan fingerprint density at radius 2 is 1.39 bits per heavy atom. The Morgan fingerprint density at radius 3 is 2.15 bits per heavy atom. The number of amides is 1. The zero-order valence-corrected chi connectivity index (χ0v) is 17.5. The maximum absolute atomic E-state index is 13.4. The third-order valence-electron chi connectivity index (χ3n) is 5.61. The van der Waals surface area contributed by atoms with E-state index in [2.05, 4.69) is 5.32 Å². The van der Waals surface area contributed by atoms with Crippen molar-refractivity contribution in [1.29, 1.82) is 0 Å². The van der Waals surface area contributed by atoms with Gasteiger partial charge in [0.2, 0.25) is 0 Å². The molecule has 4 aromatic carbocycles. The molecule has 1 atom stereocenters. The Kier molecular flexibility index (Phi) is 5.29. The van der Waals surface area contributed by atoms with Crippen LogP contribution in [-0.2, 0) is 0 Å². The zero-order chi connectivity index (χ0) is 22.8. The number of Topliss-reactive ketones (excluding diaryl/α,β-unsaturated/α-hetero) is 1. The highest BCUT2D eigenvalue weighted by Gasteiger charge is 2.26. The van der Waals surface area contributed by atoms with Gasteiger partial charge in [0.15, 0.2) is 5.78 Å². The first kappa shape index (κ1) is 20.4. The monoisotopic (exact) mass is 433 g/mol. The van der Waals surface area contributed by atoms with Crippen LogP contribution in [0.4, 0.5) is 0 Å². The molecule has 0 bridgehead atoms. The molecule has 0 spiro atoms. The van der Waals surface area contributed by atoms with Crippen LogP contribution < -0.4 is 10.9 Å². The summed E-state index contributed by atoms with van der Waals surface area (Å²) >= 11 is 0. The van der Waals surface area contributed by atoms with Crippen molar-refractivity contribution in [2.24, 2.45) is 0 Å². The van der Waals surface area contributed by atoms with E-state index in [4.69, 9.17) is 4.42 Å². The van der Waals surface area contributed by atoms with Gasteiger partial charge in [-0.15, -0.1) is 0 Å². The quantitative estimate of drug-likeness (QED) is 0.232. The van der Waals surface area contributed by atoms with Gasteiger partial charge < -0.3 is 9.73 Å². The van der Waals surface area contributed by atoms with Gasteiger partial charge in [0, 0.05) is 22.4 Å². The van der Waals surface area contributed by atoms with Gasteiger partial charge in [-0.05, 0) is 17.0 Å². The number of carbonyl (C=O) groups excluding carboxylic acids is 2. The van der Waals surface area contributed by atoms with Crippen molar-refractivity contribution in [1.82, 2.24) is 5.32 Å². The van der Waals surface area contributed by atoms with Gasteiger partial charge in [0.1, 0.15) is 11.6 Å². The molecule has 1 N–H and O–H groups in total. The van der Waals surface area contributed by atoms with Crippen LogP contribution in [0.15, 0.2) is 112 Å². The lowest BCUT2D eigenvalue weighted by Crippen LogP contribution is -2.34. The molecule has 0 saturated heterocycles. The van der Waals surface area contributed by atoms with Gasteiger partial charge in [-0.25, -0.2) is 4.79 Å². The van der Waals surface area contributed by atoms with Crippen LogP contribution in [0, 0.1) is 0 Å². The van der Waals surface area contributed by atoms with E-state index in [9.17, 15) is 14.4 Å². The van der Waals surface area contributed by atoms with E-state index < -0.39 is 17.6 Å². The van der Waals surface area contributed by atoms with Gasteiger partial charge in [0.05, 0.1) is 5.56 Å². The maximum Gasteiger partial charge on any atom is 0.337 e. The van der Waals surface area contributed by atoms with Gasteiger partial charge in [0.25, 0.3) is 5.91 Å². The van der Waals surface area contributed by atoms with E-state index in [0.29, 0.717) is 22.1 Å². The highest BCUT2D eigenvalue weighted by molar-refractivity contribution is 6.13. The second-order valence-corrected chi connectivity index (χ2v) is 7.69. The van der Waals surface area contributed by atoms with Gasteiger partial charge in [-0.2, -0.15) is 0 Å². The second-order valence-electron chi connectivity index (χ2n) is 7.69. The molecule has 0 aliphatic heterocycles. The second kappa shape index (κ2) is 8.55. The third kappa shape index (κ3) is 3.92. The Hall–Kier alpha value is -4.51. The summed E-state index contributed by atoms with van der Waals surface area (Å²) in [6.45, 7) is 0. The predicted molar refractivity (Wildman–Crippen MR) is 127 cm³/mol. The number of fused-ring (bicyclic) bond motifs is 3. The maximum atomic E-state index is 13.4. The topological polar surface area (TPSA) is 76.4 Å². The van der Waals surface area contributed by atoms with Crippen LogP contribution >= 0.6 is 0 Å².